The second kappa shape index (κ2) is 37.2. The molecule has 0 aromatic heterocycles. The fraction of sp³-hybridized carbons (Fsp3) is 1.00. The summed E-state index contributed by atoms with van der Waals surface area (Å²) in [7, 11) is 0. The molecule has 0 saturated heterocycles. The van der Waals surface area contributed by atoms with Gasteiger partial charge in [0.05, 0.1) is 0 Å². The quantitative estimate of drug-likeness (QED) is 0.0631. The third-order valence-electron chi connectivity index (χ3n) is 10.4. The van der Waals surface area contributed by atoms with Crippen molar-refractivity contribution < 1.29 is 0 Å². The van der Waals surface area contributed by atoms with Gasteiger partial charge in [0.15, 0.2) is 0 Å². The molecule has 42 heavy (non-hydrogen) atoms. The Hall–Kier alpha value is 0. The molecule has 0 amide bonds. The minimum Gasteiger partial charge on any atom is -0.0654 e. The number of hydrogen-bond donors (Lipinski definition) is 0. The normalized spacial score (nSPS) is 11.9. The predicted octanol–water partition coefficient (Wildman–Crippen LogP) is 16.3. The standard InChI is InChI=1S/C42H86/c1-5-9-13-17-21-23-27-31-35-39-42(40-36-32-28-24-22-18-14-10-6-2)41(37-33-29-25-19-15-11-7-3)38-34-30-26-20-16-12-8-4/h41-42H,5-40H2,1-4H3. The maximum absolute atomic E-state index is 2.34. The third kappa shape index (κ3) is 31.4. The molecule has 0 fully saturated rings. The second-order valence-corrected chi connectivity index (χ2v) is 14.6. The summed E-state index contributed by atoms with van der Waals surface area (Å²) in [5.41, 5.74) is 0. The van der Waals surface area contributed by atoms with Crippen molar-refractivity contribution in [1.29, 1.82) is 0 Å². The summed E-state index contributed by atoms with van der Waals surface area (Å²) >= 11 is 0. The van der Waals surface area contributed by atoms with Crippen molar-refractivity contribution in [1.82, 2.24) is 0 Å². The lowest BCUT2D eigenvalue weighted by Crippen LogP contribution is -2.16. The van der Waals surface area contributed by atoms with E-state index in [1.165, 1.54) is 205 Å². The largest absolute Gasteiger partial charge is 0.0654 e. The lowest BCUT2D eigenvalue weighted by molar-refractivity contribution is 0.236. The molecule has 254 valence electrons. The molecule has 0 aliphatic heterocycles. The highest BCUT2D eigenvalue weighted by Crippen LogP contribution is 2.34. The molecule has 0 atom stereocenters. The highest BCUT2D eigenvalue weighted by Gasteiger charge is 2.20. The number of rotatable bonds is 37. The maximum atomic E-state index is 2.34. The molecule has 0 aromatic rings. The third-order valence-corrected chi connectivity index (χ3v) is 10.4. The summed E-state index contributed by atoms with van der Waals surface area (Å²) in [6.45, 7) is 9.35. The van der Waals surface area contributed by atoms with Gasteiger partial charge in [-0.15, -0.1) is 0 Å². The Morgan fingerprint density at radius 3 is 0.500 bits per heavy atom. The zero-order chi connectivity index (χ0) is 30.6. The first-order valence-corrected chi connectivity index (χ1v) is 20.8. The lowest BCUT2D eigenvalue weighted by Gasteiger charge is -2.28. The summed E-state index contributed by atoms with van der Waals surface area (Å²) in [5, 5.41) is 0. The van der Waals surface area contributed by atoms with Crippen molar-refractivity contribution in [2.45, 2.75) is 259 Å². The van der Waals surface area contributed by atoms with Crippen molar-refractivity contribution in [3.63, 3.8) is 0 Å². The van der Waals surface area contributed by atoms with Crippen LogP contribution in [0.5, 0.6) is 0 Å². The van der Waals surface area contributed by atoms with E-state index in [1.807, 2.05) is 0 Å². The molecule has 0 N–H and O–H groups in total. The zero-order valence-electron chi connectivity index (χ0n) is 30.6. The van der Waals surface area contributed by atoms with E-state index >= 15 is 0 Å². The summed E-state index contributed by atoms with van der Waals surface area (Å²) in [6.07, 6.45) is 53.3. The van der Waals surface area contributed by atoms with E-state index in [0.717, 1.165) is 11.8 Å². The van der Waals surface area contributed by atoms with Crippen LogP contribution in [-0.2, 0) is 0 Å². The summed E-state index contributed by atoms with van der Waals surface area (Å²) in [5.74, 6) is 2.05. The first-order valence-electron chi connectivity index (χ1n) is 20.8. The molecule has 0 aliphatic carbocycles. The van der Waals surface area contributed by atoms with Gasteiger partial charge in [-0.3, -0.25) is 0 Å². The van der Waals surface area contributed by atoms with Crippen LogP contribution in [0.25, 0.3) is 0 Å². The van der Waals surface area contributed by atoms with Crippen molar-refractivity contribution in [2.24, 2.45) is 11.8 Å². The fourth-order valence-electron chi connectivity index (χ4n) is 7.39. The van der Waals surface area contributed by atoms with E-state index in [-0.39, 0.29) is 0 Å². The number of hydrogen-bond acceptors (Lipinski definition) is 0. The first-order chi connectivity index (χ1) is 20.8. The minimum absolute atomic E-state index is 1.03. The van der Waals surface area contributed by atoms with E-state index in [1.54, 1.807) is 25.7 Å². The van der Waals surface area contributed by atoms with Gasteiger partial charge < -0.3 is 0 Å². The van der Waals surface area contributed by atoms with Gasteiger partial charge in [0, 0.05) is 0 Å². The Balaban J connectivity index is 4.72. The van der Waals surface area contributed by atoms with Crippen LogP contribution in [0.4, 0.5) is 0 Å². The van der Waals surface area contributed by atoms with Gasteiger partial charge in [0.2, 0.25) is 0 Å². The van der Waals surface area contributed by atoms with E-state index < -0.39 is 0 Å². The molecular formula is C42H86. The Morgan fingerprint density at radius 2 is 0.333 bits per heavy atom. The molecular weight excluding hydrogens is 504 g/mol. The highest BCUT2D eigenvalue weighted by atomic mass is 14.3. The van der Waals surface area contributed by atoms with E-state index in [2.05, 4.69) is 27.7 Å². The second-order valence-electron chi connectivity index (χ2n) is 14.6. The molecule has 0 spiro atoms. The molecule has 0 unspecified atom stereocenters. The molecule has 0 aromatic carbocycles. The number of unbranched alkanes of at least 4 members (excludes halogenated alkanes) is 28. The van der Waals surface area contributed by atoms with Crippen LogP contribution in [0, 0.1) is 11.8 Å². The Kier molecular flexibility index (Phi) is 37.2. The molecule has 0 heterocycles. The van der Waals surface area contributed by atoms with E-state index in [9.17, 15) is 0 Å². The van der Waals surface area contributed by atoms with Gasteiger partial charge in [0.25, 0.3) is 0 Å². The van der Waals surface area contributed by atoms with Crippen LogP contribution < -0.4 is 0 Å². The maximum Gasteiger partial charge on any atom is -0.0386 e. The lowest BCUT2D eigenvalue weighted by atomic mass is 9.78. The average molecular weight is 591 g/mol. The van der Waals surface area contributed by atoms with Gasteiger partial charge in [-0.1, -0.05) is 259 Å². The van der Waals surface area contributed by atoms with Crippen LogP contribution in [0.3, 0.4) is 0 Å². The summed E-state index contributed by atoms with van der Waals surface area (Å²) in [6, 6.07) is 0. The van der Waals surface area contributed by atoms with Gasteiger partial charge >= 0.3 is 0 Å². The van der Waals surface area contributed by atoms with Crippen molar-refractivity contribution >= 4 is 0 Å². The van der Waals surface area contributed by atoms with Gasteiger partial charge in [-0.2, -0.15) is 0 Å². The van der Waals surface area contributed by atoms with E-state index in [4.69, 9.17) is 0 Å². The first kappa shape index (κ1) is 42.0. The molecule has 0 heteroatoms. The molecule has 0 nitrogen and oxygen atoms in total. The van der Waals surface area contributed by atoms with Crippen LogP contribution >= 0.6 is 0 Å². The predicted molar refractivity (Wildman–Crippen MR) is 196 cm³/mol. The minimum atomic E-state index is 1.03. The zero-order valence-corrected chi connectivity index (χ0v) is 30.6. The topological polar surface area (TPSA) is 0 Å². The highest BCUT2D eigenvalue weighted by molar-refractivity contribution is 4.72. The van der Waals surface area contributed by atoms with Crippen molar-refractivity contribution in [3.8, 4) is 0 Å². The van der Waals surface area contributed by atoms with E-state index in [0.29, 0.717) is 0 Å². The smallest absolute Gasteiger partial charge is 0.0386 e. The SMILES string of the molecule is CCCCCCCCCCCC(CCCCCCCCCCC)C(CCCCCCCCC)CCCCCCCCC. The molecule has 0 aliphatic rings. The summed E-state index contributed by atoms with van der Waals surface area (Å²) < 4.78 is 0. The molecule has 0 bridgehead atoms. The van der Waals surface area contributed by atoms with Gasteiger partial charge in [0.1, 0.15) is 0 Å². The summed E-state index contributed by atoms with van der Waals surface area (Å²) in [4.78, 5) is 0. The Bertz CT molecular complexity index is 413. The van der Waals surface area contributed by atoms with Gasteiger partial charge in [-0.25, -0.2) is 0 Å². The Morgan fingerprint density at radius 1 is 0.190 bits per heavy atom. The van der Waals surface area contributed by atoms with Crippen LogP contribution in [0.1, 0.15) is 259 Å². The van der Waals surface area contributed by atoms with Crippen molar-refractivity contribution in [3.05, 3.63) is 0 Å². The van der Waals surface area contributed by atoms with Crippen LogP contribution in [-0.4, -0.2) is 0 Å². The van der Waals surface area contributed by atoms with Crippen molar-refractivity contribution in [2.75, 3.05) is 0 Å². The Labute approximate surface area is 270 Å². The monoisotopic (exact) mass is 591 g/mol. The fourth-order valence-corrected chi connectivity index (χ4v) is 7.39. The average Bonchev–Trinajstić information content (AvgIpc) is 3.00. The molecule has 0 rings (SSSR count). The van der Waals surface area contributed by atoms with Gasteiger partial charge in [-0.05, 0) is 11.8 Å². The van der Waals surface area contributed by atoms with Crippen LogP contribution in [0.15, 0.2) is 0 Å². The van der Waals surface area contributed by atoms with Crippen LogP contribution in [0.2, 0.25) is 0 Å². The molecule has 0 radical (unpaired) electrons. The molecule has 0 saturated carbocycles.